The molecule has 0 saturated carbocycles. The van der Waals surface area contributed by atoms with Crippen molar-refractivity contribution < 1.29 is 9.59 Å². The van der Waals surface area contributed by atoms with Crippen molar-refractivity contribution in [3.05, 3.63) is 95.6 Å². The van der Waals surface area contributed by atoms with Crippen LogP contribution < -0.4 is 5.32 Å². The summed E-state index contributed by atoms with van der Waals surface area (Å²) in [5.74, 6) is 0.313. The van der Waals surface area contributed by atoms with E-state index in [9.17, 15) is 9.59 Å². The number of anilines is 1. The smallest absolute Gasteiger partial charge is 0.263 e. The minimum atomic E-state index is -0.630. The highest BCUT2D eigenvalue weighted by molar-refractivity contribution is 8.15. The van der Waals surface area contributed by atoms with E-state index in [0.29, 0.717) is 17.4 Å². The van der Waals surface area contributed by atoms with Crippen LogP contribution in [-0.2, 0) is 16.0 Å². The van der Waals surface area contributed by atoms with E-state index < -0.39 is 11.3 Å². The topological polar surface area (TPSA) is 74.1 Å². The van der Waals surface area contributed by atoms with Gasteiger partial charge in [-0.05, 0) is 48.2 Å². The molecule has 0 saturated heterocycles. The summed E-state index contributed by atoms with van der Waals surface area (Å²) in [6.07, 6.45) is 1.53. The number of nitrogens with one attached hydrogen (secondary N) is 1. The summed E-state index contributed by atoms with van der Waals surface area (Å²) in [6, 6.07) is 24.5. The van der Waals surface area contributed by atoms with Gasteiger partial charge in [0.05, 0.1) is 10.9 Å². The lowest BCUT2D eigenvalue weighted by atomic mass is 10.1. The number of benzene rings is 3. The minimum absolute atomic E-state index is 0.118. The summed E-state index contributed by atoms with van der Waals surface area (Å²) in [7, 11) is 0. The van der Waals surface area contributed by atoms with Gasteiger partial charge in [0.25, 0.3) is 5.91 Å². The fourth-order valence-electron chi connectivity index (χ4n) is 4.18. The maximum absolute atomic E-state index is 13.6. The van der Waals surface area contributed by atoms with E-state index in [-0.39, 0.29) is 11.8 Å². The Balaban J connectivity index is 1.43. The fourth-order valence-corrected chi connectivity index (χ4v) is 5.20. The third-order valence-electron chi connectivity index (χ3n) is 6.13. The molecule has 1 N–H and O–H groups in total. The molecule has 0 spiro atoms. The lowest BCUT2D eigenvalue weighted by Crippen LogP contribution is -2.41. The number of amides is 2. The van der Waals surface area contributed by atoms with Gasteiger partial charge in [-0.3, -0.25) is 9.59 Å². The molecular weight excluding hydrogens is 456 g/mol. The van der Waals surface area contributed by atoms with Crippen LogP contribution in [0.1, 0.15) is 43.0 Å². The van der Waals surface area contributed by atoms with Gasteiger partial charge in [-0.15, -0.1) is 0 Å². The summed E-state index contributed by atoms with van der Waals surface area (Å²) in [4.78, 5) is 37.9. The molecule has 7 heteroatoms. The number of fused-ring (bicyclic) bond motifs is 3. The summed E-state index contributed by atoms with van der Waals surface area (Å²) in [6.45, 7) is 4.06. The first-order chi connectivity index (χ1) is 17.1. The maximum Gasteiger partial charge on any atom is 0.263 e. The van der Waals surface area contributed by atoms with Crippen molar-refractivity contribution in [1.29, 1.82) is 0 Å². The van der Waals surface area contributed by atoms with Gasteiger partial charge >= 0.3 is 0 Å². The molecule has 0 fully saturated rings. The van der Waals surface area contributed by atoms with Crippen LogP contribution in [0.4, 0.5) is 11.4 Å². The van der Waals surface area contributed by atoms with E-state index >= 15 is 0 Å². The predicted molar refractivity (Wildman–Crippen MR) is 142 cm³/mol. The van der Waals surface area contributed by atoms with E-state index in [2.05, 4.69) is 12.2 Å². The highest BCUT2D eigenvalue weighted by Crippen LogP contribution is 2.38. The number of hydrogen-bond acceptors (Lipinski definition) is 5. The number of hydrogen-bond donors (Lipinski definition) is 1. The van der Waals surface area contributed by atoms with Gasteiger partial charge in [0.1, 0.15) is 5.84 Å². The van der Waals surface area contributed by atoms with Crippen LogP contribution >= 0.6 is 11.8 Å². The Kier molecular flexibility index (Phi) is 6.51. The van der Waals surface area contributed by atoms with Gasteiger partial charge in [-0.2, -0.15) is 0 Å². The molecule has 0 radical (unpaired) electrons. The SMILES string of the molecule is CCc1ccc(NC(=O)[C@H](CC)SC2=Nc3ccccc3C3=N[C@H](c4ccccc4)C(=O)N23)cc1. The summed E-state index contributed by atoms with van der Waals surface area (Å²) >= 11 is 1.30. The largest absolute Gasteiger partial charge is 0.325 e. The van der Waals surface area contributed by atoms with Crippen LogP contribution in [-0.4, -0.2) is 33.0 Å². The van der Waals surface area contributed by atoms with Crippen LogP contribution in [0.2, 0.25) is 0 Å². The average molecular weight is 483 g/mol. The fraction of sp³-hybridized carbons (Fsp3) is 0.214. The number of aryl methyl sites for hydroxylation is 1. The number of nitrogens with zero attached hydrogens (tertiary/aromatic N) is 3. The quantitative estimate of drug-likeness (QED) is 0.488. The summed E-state index contributed by atoms with van der Waals surface area (Å²) in [5, 5.41) is 3.07. The third kappa shape index (κ3) is 4.51. The van der Waals surface area contributed by atoms with Crippen molar-refractivity contribution in [2.24, 2.45) is 9.98 Å². The Labute approximate surface area is 209 Å². The normalized spacial score (nSPS) is 17.3. The van der Waals surface area contributed by atoms with E-state index in [4.69, 9.17) is 9.98 Å². The molecule has 0 bridgehead atoms. The third-order valence-corrected chi connectivity index (χ3v) is 7.44. The van der Waals surface area contributed by atoms with Gasteiger partial charge in [-0.1, -0.05) is 80.2 Å². The van der Waals surface area contributed by atoms with E-state index in [1.807, 2.05) is 85.8 Å². The number of aliphatic imine (C=N–C) groups is 2. The van der Waals surface area contributed by atoms with Crippen LogP contribution in [0, 0.1) is 0 Å². The minimum Gasteiger partial charge on any atom is -0.325 e. The van der Waals surface area contributed by atoms with Gasteiger partial charge in [0.15, 0.2) is 11.2 Å². The molecule has 5 rings (SSSR count). The predicted octanol–water partition coefficient (Wildman–Crippen LogP) is 5.73. The van der Waals surface area contributed by atoms with E-state index in [1.165, 1.54) is 17.3 Å². The van der Waals surface area contributed by atoms with Gasteiger partial charge in [0, 0.05) is 11.3 Å². The number of carbonyl (C=O) groups excluding carboxylic acids is 2. The Morgan fingerprint density at radius 3 is 2.43 bits per heavy atom. The van der Waals surface area contributed by atoms with E-state index in [0.717, 1.165) is 28.9 Å². The van der Waals surface area contributed by atoms with Gasteiger partial charge < -0.3 is 5.32 Å². The zero-order valence-corrected chi connectivity index (χ0v) is 20.5. The standard InChI is InChI=1S/C28H26N4O2S/c1-3-18-14-16-20(17-15-18)29-26(33)23(4-2)35-28-30-22-13-9-8-12-21(22)25-31-24(27(34)32(25)28)19-10-6-5-7-11-19/h5-17,23-24H,3-4H2,1-2H3,(H,29,33)/t23-,24+/m0/s1. The molecule has 2 amide bonds. The first-order valence-electron chi connectivity index (χ1n) is 11.8. The molecule has 2 heterocycles. The molecule has 2 atom stereocenters. The van der Waals surface area contributed by atoms with Crippen LogP contribution in [0.25, 0.3) is 0 Å². The molecule has 3 aromatic carbocycles. The van der Waals surface area contributed by atoms with Crippen LogP contribution in [0.3, 0.4) is 0 Å². The Morgan fingerprint density at radius 2 is 1.71 bits per heavy atom. The molecule has 3 aromatic rings. The lowest BCUT2D eigenvalue weighted by Gasteiger charge is -2.27. The highest BCUT2D eigenvalue weighted by atomic mass is 32.2. The van der Waals surface area contributed by atoms with Crippen LogP contribution in [0.15, 0.2) is 88.8 Å². The average Bonchev–Trinajstić information content (AvgIpc) is 3.25. The Hall–Kier alpha value is -3.71. The molecule has 35 heavy (non-hydrogen) atoms. The summed E-state index contributed by atoms with van der Waals surface area (Å²) in [5.41, 5.74) is 4.37. The Morgan fingerprint density at radius 1 is 1.00 bits per heavy atom. The first-order valence-corrected chi connectivity index (χ1v) is 12.7. The molecule has 176 valence electrons. The van der Waals surface area contributed by atoms with Crippen molar-refractivity contribution in [2.75, 3.05) is 5.32 Å². The van der Waals surface area contributed by atoms with Crippen LogP contribution in [0.5, 0.6) is 0 Å². The molecular formula is C28H26N4O2S. The highest BCUT2D eigenvalue weighted by Gasteiger charge is 2.43. The van der Waals surface area contributed by atoms with Crippen molar-refractivity contribution in [1.82, 2.24) is 4.90 Å². The van der Waals surface area contributed by atoms with Crippen molar-refractivity contribution in [3.8, 4) is 0 Å². The zero-order valence-electron chi connectivity index (χ0n) is 19.6. The number of carbonyl (C=O) groups is 2. The number of para-hydroxylation sites is 1. The zero-order chi connectivity index (χ0) is 24.4. The second kappa shape index (κ2) is 9.88. The monoisotopic (exact) mass is 482 g/mol. The molecule has 2 aliphatic heterocycles. The second-order valence-corrected chi connectivity index (χ2v) is 9.58. The maximum atomic E-state index is 13.6. The van der Waals surface area contributed by atoms with Gasteiger partial charge in [0.2, 0.25) is 5.91 Å². The van der Waals surface area contributed by atoms with Crippen molar-refractivity contribution in [3.63, 3.8) is 0 Å². The van der Waals surface area contributed by atoms with Crippen molar-refractivity contribution >= 4 is 46.0 Å². The van der Waals surface area contributed by atoms with Crippen molar-refractivity contribution in [2.45, 2.75) is 38.0 Å². The molecule has 0 unspecified atom stereocenters. The molecule has 2 aliphatic rings. The lowest BCUT2D eigenvalue weighted by molar-refractivity contribution is -0.124. The molecule has 6 nitrogen and oxygen atoms in total. The Bertz CT molecular complexity index is 1320. The van der Waals surface area contributed by atoms with Gasteiger partial charge in [-0.25, -0.2) is 14.9 Å². The molecule has 0 aromatic heterocycles. The first kappa shape index (κ1) is 23.1. The summed E-state index contributed by atoms with van der Waals surface area (Å²) < 4.78 is 0. The molecule has 0 aliphatic carbocycles. The number of thioether (sulfide) groups is 1. The number of amidine groups is 2. The second-order valence-electron chi connectivity index (χ2n) is 8.41. The number of rotatable bonds is 6. The van der Waals surface area contributed by atoms with E-state index in [1.54, 1.807) is 4.90 Å².